The van der Waals surface area contributed by atoms with Crippen LogP contribution in [-0.2, 0) is 32.1 Å². The zero-order valence-corrected chi connectivity index (χ0v) is 19.2. The molecule has 9 heteroatoms. The van der Waals surface area contributed by atoms with E-state index in [4.69, 9.17) is 15.2 Å². The first kappa shape index (κ1) is 25.2. The summed E-state index contributed by atoms with van der Waals surface area (Å²) in [5.74, 6) is -0.788. The molecule has 0 unspecified atom stereocenters. The average molecular weight is 472 g/mol. The fourth-order valence-corrected chi connectivity index (χ4v) is 3.83. The highest BCUT2D eigenvalue weighted by Gasteiger charge is 2.36. The lowest BCUT2D eigenvalue weighted by Gasteiger charge is -2.26. The van der Waals surface area contributed by atoms with Crippen LogP contribution in [0.1, 0.15) is 30.9 Å². The van der Waals surface area contributed by atoms with E-state index in [0.29, 0.717) is 25.3 Å². The SMILES string of the molecule is CCOC(=O)COc1ccc(CNC(=O)[C@@H]2CCCN2C(=O)[C@@H](N)Cc2ccc(F)cc2)cc1. The molecule has 0 aliphatic carbocycles. The van der Waals surface area contributed by atoms with E-state index >= 15 is 0 Å². The third kappa shape index (κ3) is 7.02. The maximum atomic E-state index is 13.1. The van der Waals surface area contributed by atoms with Crippen LogP contribution in [0.5, 0.6) is 5.75 Å². The summed E-state index contributed by atoms with van der Waals surface area (Å²) in [6.45, 7) is 2.62. The Hall–Kier alpha value is -3.46. The van der Waals surface area contributed by atoms with Crippen molar-refractivity contribution in [1.82, 2.24) is 10.2 Å². The first-order valence-electron chi connectivity index (χ1n) is 11.3. The number of ether oxygens (including phenoxy) is 2. The van der Waals surface area contributed by atoms with Crippen LogP contribution < -0.4 is 15.8 Å². The van der Waals surface area contributed by atoms with E-state index in [2.05, 4.69) is 5.32 Å². The topological polar surface area (TPSA) is 111 Å². The van der Waals surface area contributed by atoms with Crippen LogP contribution in [-0.4, -0.2) is 54.5 Å². The van der Waals surface area contributed by atoms with Crippen LogP contribution in [0.15, 0.2) is 48.5 Å². The largest absolute Gasteiger partial charge is 0.482 e. The molecule has 0 bridgehead atoms. The van der Waals surface area contributed by atoms with Gasteiger partial charge >= 0.3 is 5.97 Å². The molecular weight excluding hydrogens is 441 g/mol. The van der Waals surface area contributed by atoms with Crippen LogP contribution >= 0.6 is 0 Å². The number of nitrogens with one attached hydrogen (secondary N) is 1. The van der Waals surface area contributed by atoms with E-state index in [1.165, 1.54) is 17.0 Å². The lowest BCUT2D eigenvalue weighted by molar-refractivity contribution is -0.145. The second-order valence-electron chi connectivity index (χ2n) is 8.08. The lowest BCUT2D eigenvalue weighted by Crippen LogP contribution is -2.51. The zero-order chi connectivity index (χ0) is 24.5. The Kier molecular flexibility index (Phi) is 8.98. The van der Waals surface area contributed by atoms with E-state index in [-0.39, 0.29) is 37.2 Å². The molecule has 1 aliphatic heterocycles. The van der Waals surface area contributed by atoms with Gasteiger partial charge in [0.1, 0.15) is 17.6 Å². The van der Waals surface area contributed by atoms with Crippen molar-refractivity contribution < 1.29 is 28.2 Å². The summed E-state index contributed by atoms with van der Waals surface area (Å²) in [6.07, 6.45) is 1.57. The molecule has 1 fully saturated rings. The third-order valence-corrected chi connectivity index (χ3v) is 5.58. The highest BCUT2D eigenvalue weighted by atomic mass is 19.1. The Bertz CT molecular complexity index is 981. The number of nitrogens with zero attached hydrogens (tertiary/aromatic N) is 1. The van der Waals surface area contributed by atoms with Gasteiger partial charge in [-0.25, -0.2) is 9.18 Å². The number of benzene rings is 2. The summed E-state index contributed by atoms with van der Waals surface area (Å²) >= 11 is 0. The molecular formula is C25H30FN3O5. The molecule has 3 N–H and O–H groups in total. The number of esters is 1. The molecule has 2 amide bonds. The maximum Gasteiger partial charge on any atom is 0.344 e. The molecule has 0 saturated carbocycles. The van der Waals surface area contributed by atoms with Gasteiger partial charge in [0.25, 0.3) is 0 Å². The van der Waals surface area contributed by atoms with Crippen molar-refractivity contribution in [2.24, 2.45) is 5.73 Å². The number of carbonyl (C=O) groups excluding carboxylic acids is 3. The Labute approximate surface area is 198 Å². The third-order valence-electron chi connectivity index (χ3n) is 5.58. The molecule has 34 heavy (non-hydrogen) atoms. The molecule has 8 nitrogen and oxygen atoms in total. The molecule has 1 heterocycles. The van der Waals surface area contributed by atoms with Crippen molar-refractivity contribution in [3.8, 4) is 5.75 Å². The Morgan fingerprint density at radius 2 is 1.79 bits per heavy atom. The Balaban J connectivity index is 1.49. The normalized spacial score (nSPS) is 16.1. The molecule has 0 radical (unpaired) electrons. The first-order chi connectivity index (χ1) is 16.4. The van der Waals surface area contributed by atoms with Crippen molar-refractivity contribution in [3.05, 3.63) is 65.5 Å². The van der Waals surface area contributed by atoms with Gasteiger partial charge in [-0.15, -0.1) is 0 Å². The fourth-order valence-electron chi connectivity index (χ4n) is 3.83. The number of carbonyl (C=O) groups is 3. The van der Waals surface area contributed by atoms with E-state index in [1.54, 1.807) is 43.3 Å². The fraction of sp³-hybridized carbons (Fsp3) is 0.400. The summed E-state index contributed by atoms with van der Waals surface area (Å²) < 4.78 is 23.3. The predicted octanol–water partition coefficient (Wildman–Crippen LogP) is 1.94. The van der Waals surface area contributed by atoms with Crippen molar-refractivity contribution in [2.75, 3.05) is 19.8 Å². The van der Waals surface area contributed by atoms with Gasteiger partial charge in [-0.2, -0.15) is 0 Å². The van der Waals surface area contributed by atoms with E-state index in [0.717, 1.165) is 17.5 Å². The molecule has 1 aliphatic rings. The van der Waals surface area contributed by atoms with Gasteiger partial charge < -0.3 is 25.4 Å². The molecule has 3 rings (SSSR count). The number of amides is 2. The van der Waals surface area contributed by atoms with E-state index < -0.39 is 18.1 Å². The molecule has 0 aromatic heterocycles. The smallest absolute Gasteiger partial charge is 0.344 e. The van der Waals surface area contributed by atoms with E-state index in [1.807, 2.05) is 0 Å². The van der Waals surface area contributed by atoms with Gasteiger partial charge in [0.15, 0.2) is 6.61 Å². The molecule has 0 spiro atoms. The number of likely N-dealkylation sites (tertiary alicyclic amines) is 1. The summed E-state index contributed by atoms with van der Waals surface area (Å²) in [4.78, 5) is 38.6. The minimum absolute atomic E-state index is 0.168. The molecule has 2 aromatic rings. The van der Waals surface area contributed by atoms with Crippen LogP contribution in [0.2, 0.25) is 0 Å². The summed E-state index contributed by atoms with van der Waals surface area (Å²) in [7, 11) is 0. The number of rotatable bonds is 10. The van der Waals surface area contributed by atoms with Gasteiger partial charge in [-0.05, 0) is 61.6 Å². The number of hydrogen-bond acceptors (Lipinski definition) is 6. The summed E-state index contributed by atoms with van der Waals surface area (Å²) in [6, 6.07) is 11.5. The van der Waals surface area contributed by atoms with Crippen LogP contribution in [0.4, 0.5) is 4.39 Å². The Morgan fingerprint density at radius 3 is 2.47 bits per heavy atom. The predicted molar refractivity (Wildman–Crippen MR) is 123 cm³/mol. The highest BCUT2D eigenvalue weighted by Crippen LogP contribution is 2.20. The van der Waals surface area contributed by atoms with Crippen molar-refractivity contribution >= 4 is 17.8 Å². The van der Waals surface area contributed by atoms with Crippen molar-refractivity contribution in [1.29, 1.82) is 0 Å². The zero-order valence-electron chi connectivity index (χ0n) is 19.2. The second kappa shape index (κ2) is 12.1. The van der Waals surface area contributed by atoms with Crippen LogP contribution in [0.25, 0.3) is 0 Å². The standard InChI is InChI=1S/C25H30FN3O5/c1-2-33-23(30)16-34-20-11-7-18(8-12-20)15-28-24(31)22-4-3-13-29(22)25(32)21(27)14-17-5-9-19(26)10-6-17/h5-12,21-22H,2-4,13-16,27H2,1H3,(H,28,31)/t21-,22-/m0/s1. The summed E-state index contributed by atoms with van der Waals surface area (Å²) in [5.41, 5.74) is 7.72. The van der Waals surface area contributed by atoms with Gasteiger partial charge in [0.2, 0.25) is 11.8 Å². The lowest BCUT2D eigenvalue weighted by atomic mass is 10.0. The maximum absolute atomic E-state index is 13.1. The van der Waals surface area contributed by atoms with Gasteiger partial charge in [-0.3, -0.25) is 9.59 Å². The van der Waals surface area contributed by atoms with Crippen molar-refractivity contribution in [3.63, 3.8) is 0 Å². The minimum atomic E-state index is -0.805. The number of nitrogens with two attached hydrogens (primary N) is 1. The second-order valence-corrected chi connectivity index (χ2v) is 8.08. The number of halogens is 1. The Morgan fingerprint density at radius 1 is 1.12 bits per heavy atom. The summed E-state index contributed by atoms with van der Waals surface area (Å²) in [5, 5.41) is 2.88. The average Bonchev–Trinajstić information content (AvgIpc) is 3.33. The van der Waals surface area contributed by atoms with Gasteiger partial charge in [0, 0.05) is 13.1 Å². The van der Waals surface area contributed by atoms with E-state index in [9.17, 15) is 18.8 Å². The monoisotopic (exact) mass is 471 g/mol. The first-order valence-corrected chi connectivity index (χ1v) is 11.3. The van der Waals surface area contributed by atoms with Crippen LogP contribution in [0, 0.1) is 5.82 Å². The molecule has 2 aromatic carbocycles. The quantitative estimate of drug-likeness (QED) is 0.513. The highest BCUT2D eigenvalue weighted by molar-refractivity contribution is 5.90. The molecule has 182 valence electrons. The number of hydrogen-bond donors (Lipinski definition) is 2. The molecule has 2 atom stereocenters. The van der Waals surface area contributed by atoms with Crippen LogP contribution in [0.3, 0.4) is 0 Å². The van der Waals surface area contributed by atoms with Crippen molar-refractivity contribution in [2.45, 2.75) is 44.8 Å². The van der Waals surface area contributed by atoms with Gasteiger partial charge in [0.05, 0.1) is 12.6 Å². The molecule has 1 saturated heterocycles. The minimum Gasteiger partial charge on any atom is -0.482 e. The van der Waals surface area contributed by atoms with Gasteiger partial charge in [-0.1, -0.05) is 24.3 Å².